The summed E-state index contributed by atoms with van der Waals surface area (Å²) in [6, 6.07) is 6.66. The Morgan fingerprint density at radius 1 is 1.44 bits per heavy atom. The van der Waals surface area contributed by atoms with Crippen molar-refractivity contribution in [1.29, 1.82) is 0 Å². The van der Waals surface area contributed by atoms with Gasteiger partial charge in [-0.15, -0.1) is 11.3 Å². The monoisotopic (exact) mass is 296 g/mol. The van der Waals surface area contributed by atoms with Crippen LogP contribution in [0.1, 0.15) is 17.2 Å². The van der Waals surface area contributed by atoms with Gasteiger partial charge < -0.3 is 5.32 Å². The molecule has 0 bridgehead atoms. The Kier molecular flexibility index (Phi) is 4.09. The zero-order valence-corrected chi connectivity index (χ0v) is 11.4. The number of hydrogen-bond donors (Lipinski definition) is 1. The van der Waals surface area contributed by atoms with E-state index in [1.165, 1.54) is 14.9 Å². The summed E-state index contributed by atoms with van der Waals surface area (Å²) in [6.45, 7) is 0. The fourth-order valence-electron chi connectivity index (χ4n) is 1.65. The van der Waals surface area contributed by atoms with Gasteiger partial charge in [-0.1, -0.05) is 0 Å². The van der Waals surface area contributed by atoms with Crippen LogP contribution in [0.15, 0.2) is 39.8 Å². The van der Waals surface area contributed by atoms with Crippen molar-refractivity contribution in [1.82, 2.24) is 10.3 Å². The quantitative estimate of drug-likeness (QED) is 0.935. The van der Waals surface area contributed by atoms with Crippen LogP contribution in [0, 0.1) is 0 Å². The Labute approximate surface area is 108 Å². The van der Waals surface area contributed by atoms with Crippen LogP contribution < -0.4 is 5.32 Å². The molecule has 0 saturated carbocycles. The second kappa shape index (κ2) is 5.57. The first-order valence-corrected chi connectivity index (χ1v) is 6.77. The van der Waals surface area contributed by atoms with Crippen molar-refractivity contribution in [2.24, 2.45) is 0 Å². The summed E-state index contributed by atoms with van der Waals surface area (Å²) in [5.74, 6) is 0. The molecule has 4 heteroatoms. The van der Waals surface area contributed by atoms with Gasteiger partial charge in [0.05, 0.1) is 3.79 Å². The molecule has 2 aromatic rings. The van der Waals surface area contributed by atoms with E-state index in [2.05, 4.69) is 49.8 Å². The number of nitrogens with one attached hydrogen (secondary N) is 1. The first-order chi connectivity index (χ1) is 7.79. The Bertz CT molecular complexity index is 441. The Morgan fingerprint density at radius 2 is 2.19 bits per heavy atom. The van der Waals surface area contributed by atoms with Gasteiger partial charge in [0, 0.05) is 18.4 Å². The van der Waals surface area contributed by atoms with Gasteiger partial charge in [0.25, 0.3) is 0 Å². The van der Waals surface area contributed by atoms with Gasteiger partial charge in [-0.25, -0.2) is 0 Å². The topological polar surface area (TPSA) is 24.9 Å². The number of nitrogens with zero attached hydrogens (tertiary/aromatic N) is 1. The molecule has 1 unspecified atom stereocenters. The number of likely N-dealkylation sites (N-methyl/N-ethyl adjacent to an activating group) is 1. The van der Waals surface area contributed by atoms with E-state index in [9.17, 15) is 0 Å². The molecule has 0 radical (unpaired) electrons. The van der Waals surface area contributed by atoms with Crippen LogP contribution in [0.2, 0.25) is 0 Å². The summed E-state index contributed by atoms with van der Waals surface area (Å²) < 4.78 is 1.18. The minimum Gasteiger partial charge on any atom is -0.313 e. The van der Waals surface area contributed by atoms with E-state index in [1.807, 2.05) is 19.4 Å². The van der Waals surface area contributed by atoms with Gasteiger partial charge >= 0.3 is 0 Å². The summed E-state index contributed by atoms with van der Waals surface area (Å²) in [5.41, 5.74) is 2.63. The first kappa shape index (κ1) is 11.8. The maximum atomic E-state index is 4.03. The third-order valence-corrected chi connectivity index (χ3v) is 4.05. The number of halogens is 1. The highest BCUT2D eigenvalue weighted by Gasteiger charge is 2.11. The fourth-order valence-corrected chi connectivity index (χ4v) is 2.88. The van der Waals surface area contributed by atoms with Crippen molar-refractivity contribution in [3.05, 3.63) is 50.9 Å². The molecule has 0 amide bonds. The molecule has 2 aromatic heterocycles. The number of pyridine rings is 1. The van der Waals surface area contributed by atoms with Gasteiger partial charge in [0.15, 0.2) is 0 Å². The second-order valence-corrected chi connectivity index (χ2v) is 5.88. The first-order valence-electron chi connectivity index (χ1n) is 5.09. The molecule has 2 nitrogen and oxygen atoms in total. The maximum Gasteiger partial charge on any atom is 0.0701 e. The molecule has 0 spiro atoms. The number of rotatable bonds is 4. The Morgan fingerprint density at radius 3 is 2.75 bits per heavy atom. The SMILES string of the molecule is CNC(Cc1ccncc1)c1csc(Br)c1. The van der Waals surface area contributed by atoms with E-state index >= 15 is 0 Å². The second-order valence-electron chi connectivity index (χ2n) is 3.58. The van der Waals surface area contributed by atoms with Crippen LogP contribution in [0.4, 0.5) is 0 Å². The molecule has 0 aliphatic heterocycles. The molecule has 2 heterocycles. The van der Waals surface area contributed by atoms with Crippen LogP contribution >= 0.6 is 27.3 Å². The lowest BCUT2D eigenvalue weighted by atomic mass is 10.0. The lowest BCUT2D eigenvalue weighted by Gasteiger charge is -2.14. The smallest absolute Gasteiger partial charge is 0.0701 e. The summed E-state index contributed by atoms with van der Waals surface area (Å²) in [4.78, 5) is 4.03. The van der Waals surface area contributed by atoms with Gasteiger partial charge in [-0.3, -0.25) is 4.98 Å². The van der Waals surface area contributed by atoms with Gasteiger partial charge in [-0.2, -0.15) is 0 Å². The van der Waals surface area contributed by atoms with Crippen LogP contribution in [0.25, 0.3) is 0 Å². The van der Waals surface area contributed by atoms with E-state index in [-0.39, 0.29) is 0 Å². The molecule has 16 heavy (non-hydrogen) atoms. The maximum absolute atomic E-state index is 4.03. The van der Waals surface area contributed by atoms with Crippen molar-refractivity contribution in [3.63, 3.8) is 0 Å². The normalized spacial score (nSPS) is 12.6. The van der Waals surface area contributed by atoms with Crippen LogP contribution in [0.5, 0.6) is 0 Å². The number of hydrogen-bond acceptors (Lipinski definition) is 3. The number of thiophene rings is 1. The third-order valence-electron chi connectivity index (χ3n) is 2.53. The van der Waals surface area contributed by atoms with Crippen molar-refractivity contribution >= 4 is 27.3 Å². The largest absolute Gasteiger partial charge is 0.313 e. The minimum atomic E-state index is 0.366. The zero-order chi connectivity index (χ0) is 11.4. The summed E-state index contributed by atoms with van der Waals surface area (Å²) in [7, 11) is 2.00. The van der Waals surface area contributed by atoms with E-state index < -0.39 is 0 Å². The highest BCUT2D eigenvalue weighted by atomic mass is 79.9. The third kappa shape index (κ3) is 2.90. The van der Waals surface area contributed by atoms with Gasteiger partial charge in [0.2, 0.25) is 0 Å². The average molecular weight is 297 g/mol. The molecular weight excluding hydrogens is 284 g/mol. The molecular formula is C12H13BrN2S. The zero-order valence-electron chi connectivity index (χ0n) is 8.98. The van der Waals surface area contributed by atoms with Crippen molar-refractivity contribution in [3.8, 4) is 0 Å². The molecule has 1 N–H and O–H groups in total. The lowest BCUT2D eigenvalue weighted by molar-refractivity contribution is 0.593. The van der Waals surface area contributed by atoms with Crippen molar-refractivity contribution in [2.45, 2.75) is 12.5 Å². The standard InChI is InChI=1S/C12H13BrN2S/c1-14-11(10-7-12(13)16-8-10)6-9-2-4-15-5-3-9/h2-5,7-8,11,14H,6H2,1H3. The van der Waals surface area contributed by atoms with Crippen molar-refractivity contribution < 1.29 is 0 Å². The lowest BCUT2D eigenvalue weighted by Crippen LogP contribution is -2.18. The van der Waals surface area contributed by atoms with Crippen LogP contribution in [0.3, 0.4) is 0 Å². The summed E-state index contributed by atoms with van der Waals surface area (Å²) in [6.07, 6.45) is 4.67. The van der Waals surface area contributed by atoms with Crippen molar-refractivity contribution in [2.75, 3.05) is 7.05 Å². The Hall–Kier alpha value is -0.710. The molecule has 0 aliphatic rings. The van der Waals surface area contributed by atoms with E-state index in [1.54, 1.807) is 11.3 Å². The predicted molar refractivity (Wildman–Crippen MR) is 71.8 cm³/mol. The predicted octanol–water partition coefficient (Wildman–Crippen LogP) is 3.41. The molecule has 0 fully saturated rings. The van der Waals surface area contributed by atoms with E-state index in [4.69, 9.17) is 0 Å². The Balaban J connectivity index is 2.12. The van der Waals surface area contributed by atoms with Gasteiger partial charge in [-0.05, 0) is 64.1 Å². The molecule has 0 aliphatic carbocycles. The minimum absolute atomic E-state index is 0.366. The van der Waals surface area contributed by atoms with E-state index in [0.717, 1.165) is 6.42 Å². The summed E-state index contributed by atoms with van der Waals surface area (Å²) in [5, 5.41) is 5.53. The number of aromatic nitrogens is 1. The van der Waals surface area contributed by atoms with Crippen LogP contribution in [-0.2, 0) is 6.42 Å². The molecule has 84 valence electrons. The average Bonchev–Trinajstić information content (AvgIpc) is 2.74. The molecule has 0 saturated heterocycles. The van der Waals surface area contributed by atoms with Crippen LogP contribution in [-0.4, -0.2) is 12.0 Å². The molecule has 0 aromatic carbocycles. The highest BCUT2D eigenvalue weighted by Crippen LogP contribution is 2.27. The fraction of sp³-hybridized carbons (Fsp3) is 0.250. The molecule has 2 rings (SSSR count). The molecule has 1 atom stereocenters. The van der Waals surface area contributed by atoms with E-state index in [0.29, 0.717) is 6.04 Å². The summed E-state index contributed by atoms with van der Waals surface area (Å²) >= 11 is 5.22. The highest BCUT2D eigenvalue weighted by molar-refractivity contribution is 9.11. The van der Waals surface area contributed by atoms with Gasteiger partial charge in [0.1, 0.15) is 0 Å².